The van der Waals surface area contributed by atoms with Crippen LogP contribution in [0.15, 0.2) is 24.3 Å². The number of ketones is 1. The highest BCUT2D eigenvalue weighted by Crippen LogP contribution is 2.47. The van der Waals surface area contributed by atoms with Crippen molar-refractivity contribution in [2.24, 2.45) is 17.1 Å². The summed E-state index contributed by atoms with van der Waals surface area (Å²) in [5, 5.41) is 11.0. The molecule has 2 aromatic rings. The van der Waals surface area contributed by atoms with E-state index in [-0.39, 0.29) is 29.8 Å². The van der Waals surface area contributed by atoms with Gasteiger partial charge in [-0.15, -0.1) is 0 Å². The van der Waals surface area contributed by atoms with Crippen LogP contribution in [0, 0.1) is 18.3 Å². The van der Waals surface area contributed by atoms with Crippen molar-refractivity contribution >= 4 is 34.7 Å². The summed E-state index contributed by atoms with van der Waals surface area (Å²) in [7, 11) is 0. The molecule has 1 aliphatic carbocycles. The zero-order chi connectivity index (χ0) is 21.6. The Morgan fingerprint density at radius 3 is 2.60 bits per heavy atom. The minimum absolute atomic E-state index is 0.0600. The van der Waals surface area contributed by atoms with E-state index < -0.39 is 0 Å². The van der Waals surface area contributed by atoms with E-state index in [0.29, 0.717) is 22.2 Å². The standard InChI is InChI=1S/C23H27Cl2N3O2/c1-13-10-18(17(12-29)27-21(13)15-4-3-5-16(24)20(15)25)28-8-6-23(7-9-28)11-19(30)14(2)22(23)26/h3-5,10,14,22,29H,6-9,11-12,26H2,1-2H3/t14-,22+/m1/s1. The number of aromatic nitrogens is 1. The molecule has 0 bridgehead atoms. The van der Waals surface area contributed by atoms with Crippen LogP contribution >= 0.6 is 23.2 Å². The summed E-state index contributed by atoms with van der Waals surface area (Å²) in [5.41, 5.74) is 10.3. The van der Waals surface area contributed by atoms with E-state index in [0.717, 1.165) is 48.4 Å². The number of hydrogen-bond donors (Lipinski definition) is 2. The van der Waals surface area contributed by atoms with Crippen LogP contribution in [-0.2, 0) is 11.4 Å². The lowest BCUT2D eigenvalue weighted by Gasteiger charge is -2.43. The Morgan fingerprint density at radius 1 is 1.30 bits per heavy atom. The molecule has 1 saturated heterocycles. The van der Waals surface area contributed by atoms with Crippen LogP contribution in [0.2, 0.25) is 10.0 Å². The molecule has 5 nitrogen and oxygen atoms in total. The number of aryl methyl sites for hydroxylation is 1. The van der Waals surface area contributed by atoms with Crippen molar-refractivity contribution in [3.8, 4) is 11.3 Å². The van der Waals surface area contributed by atoms with Crippen molar-refractivity contribution in [1.29, 1.82) is 0 Å². The molecule has 2 fully saturated rings. The number of hydrogen-bond acceptors (Lipinski definition) is 5. The summed E-state index contributed by atoms with van der Waals surface area (Å²) >= 11 is 12.6. The van der Waals surface area contributed by atoms with E-state index in [9.17, 15) is 9.90 Å². The number of piperidine rings is 1. The predicted octanol–water partition coefficient (Wildman–Crippen LogP) is 4.38. The van der Waals surface area contributed by atoms with Crippen LogP contribution in [0.1, 0.15) is 37.4 Å². The summed E-state index contributed by atoms with van der Waals surface area (Å²) in [5.74, 6) is 0.224. The first kappa shape index (κ1) is 21.6. The van der Waals surface area contributed by atoms with Crippen molar-refractivity contribution in [1.82, 2.24) is 4.98 Å². The summed E-state index contributed by atoms with van der Waals surface area (Å²) in [4.78, 5) is 19.2. The minimum atomic E-state index is -0.169. The van der Waals surface area contributed by atoms with Gasteiger partial charge in [0.15, 0.2) is 0 Å². The number of aliphatic hydroxyl groups is 1. The Bertz CT molecular complexity index is 987. The molecule has 0 radical (unpaired) electrons. The van der Waals surface area contributed by atoms with Gasteiger partial charge in [-0.2, -0.15) is 0 Å². The molecule has 1 spiro atoms. The van der Waals surface area contributed by atoms with E-state index >= 15 is 0 Å². The molecule has 4 rings (SSSR count). The Balaban J connectivity index is 1.62. The molecule has 2 heterocycles. The first-order chi connectivity index (χ1) is 14.3. The maximum atomic E-state index is 12.2. The number of carbonyl (C=O) groups is 1. The van der Waals surface area contributed by atoms with Gasteiger partial charge in [0, 0.05) is 37.0 Å². The highest BCUT2D eigenvalue weighted by Gasteiger charge is 2.50. The number of carbonyl (C=O) groups excluding carboxylic acids is 1. The molecule has 0 amide bonds. The highest BCUT2D eigenvalue weighted by molar-refractivity contribution is 6.43. The van der Waals surface area contributed by atoms with Gasteiger partial charge in [-0.1, -0.05) is 42.3 Å². The number of nitrogens with two attached hydrogens (primary N) is 1. The number of Topliss-reactive ketones (excluding diaryl/α,β-unsaturated/α-hetero) is 1. The van der Waals surface area contributed by atoms with Gasteiger partial charge in [0.05, 0.1) is 33.7 Å². The van der Waals surface area contributed by atoms with E-state index in [1.54, 1.807) is 6.07 Å². The number of anilines is 1. The number of aliphatic hydroxyl groups excluding tert-OH is 1. The first-order valence-electron chi connectivity index (χ1n) is 10.4. The quantitative estimate of drug-likeness (QED) is 0.729. The van der Waals surface area contributed by atoms with Crippen LogP contribution in [0.3, 0.4) is 0 Å². The lowest BCUT2D eigenvalue weighted by Crippen LogP contribution is -2.48. The van der Waals surface area contributed by atoms with E-state index in [4.69, 9.17) is 33.9 Å². The van der Waals surface area contributed by atoms with Crippen molar-refractivity contribution in [3.63, 3.8) is 0 Å². The minimum Gasteiger partial charge on any atom is -0.390 e. The SMILES string of the molecule is Cc1cc(N2CCC3(CC2)CC(=O)[C@@H](C)[C@@H]3N)c(CO)nc1-c1cccc(Cl)c1Cl. The Kier molecular flexibility index (Phi) is 5.84. The maximum absolute atomic E-state index is 12.2. The summed E-state index contributed by atoms with van der Waals surface area (Å²) in [6.45, 7) is 5.35. The van der Waals surface area contributed by atoms with Crippen LogP contribution < -0.4 is 10.6 Å². The van der Waals surface area contributed by atoms with Gasteiger partial charge < -0.3 is 15.7 Å². The molecule has 7 heteroatoms. The number of rotatable bonds is 3. The van der Waals surface area contributed by atoms with Crippen LogP contribution in [0.25, 0.3) is 11.3 Å². The van der Waals surface area contributed by atoms with E-state index in [1.165, 1.54) is 0 Å². The number of halogens is 2. The first-order valence-corrected chi connectivity index (χ1v) is 11.1. The second-order valence-corrected chi connectivity index (χ2v) is 9.47. The van der Waals surface area contributed by atoms with E-state index in [2.05, 4.69) is 11.0 Å². The third kappa shape index (κ3) is 3.52. The largest absolute Gasteiger partial charge is 0.390 e. The van der Waals surface area contributed by atoms with Crippen molar-refractivity contribution in [3.05, 3.63) is 45.6 Å². The molecule has 1 aromatic carbocycles. The molecule has 2 aliphatic rings. The normalized spacial score (nSPS) is 23.4. The summed E-state index contributed by atoms with van der Waals surface area (Å²) < 4.78 is 0. The Labute approximate surface area is 187 Å². The molecule has 2 atom stereocenters. The molecule has 1 aliphatic heterocycles. The van der Waals surface area contributed by atoms with Gasteiger partial charge in [-0.25, -0.2) is 4.98 Å². The number of nitrogens with zero attached hydrogens (tertiary/aromatic N) is 2. The molecule has 3 N–H and O–H groups in total. The summed E-state index contributed by atoms with van der Waals surface area (Å²) in [6, 6.07) is 7.46. The molecule has 160 valence electrons. The highest BCUT2D eigenvalue weighted by atomic mass is 35.5. The Morgan fingerprint density at radius 2 is 2.00 bits per heavy atom. The monoisotopic (exact) mass is 447 g/mol. The third-order valence-corrected chi connectivity index (χ3v) is 7.82. The molecule has 30 heavy (non-hydrogen) atoms. The molecule has 1 aromatic heterocycles. The fourth-order valence-electron chi connectivity index (χ4n) is 5.05. The fraction of sp³-hybridized carbons (Fsp3) is 0.478. The van der Waals surface area contributed by atoms with Gasteiger partial charge in [0.25, 0.3) is 0 Å². The Hall–Kier alpha value is -1.66. The smallest absolute Gasteiger partial charge is 0.137 e. The van der Waals surface area contributed by atoms with Crippen molar-refractivity contribution in [2.75, 3.05) is 18.0 Å². The van der Waals surface area contributed by atoms with Gasteiger partial charge in [-0.05, 0) is 42.9 Å². The average Bonchev–Trinajstić information content (AvgIpc) is 2.94. The lowest BCUT2D eigenvalue weighted by atomic mass is 9.73. The van der Waals surface area contributed by atoms with Crippen LogP contribution in [0.4, 0.5) is 5.69 Å². The second kappa shape index (κ2) is 8.12. The number of benzene rings is 1. The van der Waals surface area contributed by atoms with E-state index in [1.807, 2.05) is 26.0 Å². The zero-order valence-electron chi connectivity index (χ0n) is 17.3. The van der Waals surface area contributed by atoms with Gasteiger partial charge in [-0.3, -0.25) is 4.79 Å². The second-order valence-electron chi connectivity index (χ2n) is 8.69. The predicted molar refractivity (Wildman–Crippen MR) is 121 cm³/mol. The van der Waals surface area contributed by atoms with Gasteiger partial charge >= 0.3 is 0 Å². The fourth-order valence-corrected chi connectivity index (χ4v) is 5.44. The molecular weight excluding hydrogens is 421 g/mol. The number of pyridine rings is 1. The zero-order valence-corrected chi connectivity index (χ0v) is 18.8. The molecule has 0 unspecified atom stereocenters. The summed E-state index contributed by atoms with van der Waals surface area (Å²) in [6.07, 6.45) is 2.32. The topological polar surface area (TPSA) is 79.5 Å². The molecular formula is C23H27Cl2N3O2. The van der Waals surface area contributed by atoms with Crippen molar-refractivity contribution in [2.45, 2.75) is 45.8 Å². The average molecular weight is 448 g/mol. The van der Waals surface area contributed by atoms with Crippen LogP contribution in [-0.4, -0.2) is 35.0 Å². The maximum Gasteiger partial charge on any atom is 0.137 e. The molecule has 1 saturated carbocycles. The van der Waals surface area contributed by atoms with Gasteiger partial charge in [0.1, 0.15) is 5.78 Å². The van der Waals surface area contributed by atoms with Crippen LogP contribution in [0.5, 0.6) is 0 Å². The third-order valence-electron chi connectivity index (χ3n) is 7.01. The van der Waals surface area contributed by atoms with Crippen molar-refractivity contribution < 1.29 is 9.90 Å². The van der Waals surface area contributed by atoms with Gasteiger partial charge in [0.2, 0.25) is 0 Å². The lowest BCUT2D eigenvalue weighted by molar-refractivity contribution is -0.120.